The Morgan fingerprint density at radius 2 is 2.12 bits per heavy atom. The zero-order chi connectivity index (χ0) is 18.6. The summed E-state index contributed by atoms with van der Waals surface area (Å²) in [5, 5.41) is 4.00. The first-order chi connectivity index (χ1) is 12.3. The number of nitrogens with two attached hydrogens (primary N) is 1. The molecule has 0 radical (unpaired) electrons. The van der Waals surface area contributed by atoms with Crippen molar-refractivity contribution >= 4 is 45.1 Å². The number of carbonyl (C=O) groups excluding carboxylic acids is 1. The molecule has 1 aliphatic carbocycles. The van der Waals surface area contributed by atoms with Gasteiger partial charge in [0.2, 0.25) is 0 Å². The lowest BCUT2D eigenvalue weighted by atomic mass is 10.1. The smallest absolute Gasteiger partial charge is 0.365 e. The van der Waals surface area contributed by atoms with E-state index in [9.17, 15) is 18.0 Å². The van der Waals surface area contributed by atoms with Gasteiger partial charge in [-0.3, -0.25) is 4.79 Å². The van der Waals surface area contributed by atoms with E-state index in [1.54, 1.807) is 18.2 Å². The van der Waals surface area contributed by atoms with Crippen LogP contribution in [0, 0.1) is 5.92 Å². The monoisotopic (exact) mass is 382 g/mol. The molecule has 1 aromatic carbocycles. The molecule has 5 nitrogen and oxygen atoms in total. The maximum Gasteiger partial charge on any atom is 0.408 e. The number of halogens is 4. The first-order valence-electron chi connectivity index (χ1n) is 7.98. The Hall–Kier alpha value is -2.48. The van der Waals surface area contributed by atoms with E-state index in [0.717, 1.165) is 0 Å². The molecule has 1 saturated carbocycles. The molecule has 9 heteroatoms. The largest absolute Gasteiger partial charge is 0.408 e. The number of pyridine rings is 1. The lowest BCUT2D eigenvalue weighted by Crippen LogP contribution is -2.38. The first-order valence-corrected chi connectivity index (χ1v) is 8.36. The molecule has 0 aliphatic heterocycles. The van der Waals surface area contributed by atoms with Crippen LogP contribution in [0.4, 0.5) is 19.0 Å². The standard InChI is InChI=1S/C17H14ClF3N4O/c18-8-3-4-9-11(5-8)24-13-10(15(22)26)6-23-16(12(9)13)25-14(7-1-2-7)17(19,20)21/h3-7,14,24H,1-2H2,(H2,22,26)(H,23,25). The molecule has 1 amide bonds. The van der Waals surface area contributed by atoms with E-state index in [1.807, 2.05) is 0 Å². The zero-order valence-electron chi connectivity index (χ0n) is 13.3. The van der Waals surface area contributed by atoms with Crippen molar-refractivity contribution in [2.45, 2.75) is 25.1 Å². The van der Waals surface area contributed by atoms with E-state index in [2.05, 4.69) is 15.3 Å². The van der Waals surface area contributed by atoms with Crippen molar-refractivity contribution in [3.05, 3.63) is 35.0 Å². The number of hydrogen-bond acceptors (Lipinski definition) is 3. The van der Waals surface area contributed by atoms with Gasteiger partial charge in [0.25, 0.3) is 5.91 Å². The fourth-order valence-corrected chi connectivity index (χ4v) is 3.39. The number of anilines is 1. The van der Waals surface area contributed by atoms with Crippen LogP contribution < -0.4 is 11.1 Å². The molecule has 1 aliphatic rings. The lowest BCUT2D eigenvalue weighted by molar-refractivity contribution is -0.146. The van der Waals surface area contributed by atoms with Crippen LogP contribution in [0.3, 0.4) is 0 Å². The molecule has 4 rings (SSSR count). The van der Waals surface area contributed by atoms with Gasteiger partial charge in [0.1, 0.15) is 11.9 Å². The maximum absolute atomic E-state index is 13.4. The molecule has 0 bridgehead atoms. The number of nitrogens with one attached hydrogen (secondary N) is 2. The second-order valence-corrected chi connectivity index (χ2v) is 6.89. The second-order valence-electron chi connectivity index (χ2n) is 6.45. The number of alkyl halides is 3. The van der Waals surface area contributed by atoms with Crippen LogP contribution in [0.5, 0.6) is 0 Å². The van der Waals surface area contributed by atoms with E-state index < -0.39 is 24.0 Å². The minimum atomic E-state index is -4.40. The summed E-state index contributed by atoms with van der Waals surface area (Å²) >= 11 is 5.99. The summed E-state index contributed by atoms with van der Waals surface area (Å²) in [4.78, 5) is 18.8. The number of hydrogen-bond donors (Lipinski definition) is 3. The van der Waals surface area contributed by atoms with Crippen LogP contribution >= 0.6 is 11.6 Å². The Morgan fingerprint density at radius 1 is 1.38 bits per heavy atom. The average Bonchev–Trinajstić information content (AvgIpc) is 3.30. The summed E-state index contributed by atoms with van der Waals surface area (Å²) in [6, 6.07) is 3.25. The number of fused-ring (bicyclic) bond motifs is 3. The molecule has 1 unspecified atom stereocenters. The van der Waals surface area contributed by atoms with Gasteiger partial charge in [-0.1, -0.05) is 17.7 Å². The quantitative estimate of drug-likeness (QED) is 0.631. The summed E-state index contributed by atoms with van der Waals surface area (Å²) < 4.78 is 40.2. The Morgan fingerprint density at radius 3 is 2.73 bits per heavy atom. The molecule has 0 spiro atoms. The number of H-pyrrole nitrogens is 1. The minimum absolute atomic E-state index is 0.0628. The first kappa shape index (κ1) is 17.0. The van der Waals surface area contributed by atoms with Crippen molar-refractivity contribution < 1.29 is 18.0 Å². The number of nitrogens with zero attached hydrogens (tertiary/aromatic N) is 1. The van der Waals surface area contributed by atoms with Crippen molar-refractivity contribution in [3.8, 4) is 0 Å². The Kier molecular flexibility index (Phi) is 3.76. The van der Waals surface area contributed by atoms with Gasteiger partial charge >= 0.3 is 6.18 Å². The molecule has 26 heavy (non-hydrogen) atoms. The van der Waals surface area contributed by atoms with E-state index in [-0.39, 0.29) is 11.4 Å². The number of rotatable bonds is 4. The summed E-state index contributed by atoms with van der Waals surface area (Å²) in [5.74, 6) is -1.13. The Balaban J connectivity index is 1.93. The molecule has 0 saturated heterocycles. The van der Waals surface area contributed by atoms with Crippen LogP contribution in [0.2, 0.25) is 5.02 Å². The maximum atomic E-state index is 13.4. The summed E-state index contributed by atoms with van der Waals surface area (Å²) in [6.07, 6.45) is -2.18. The molecular weight excluding hydrogens is 369 g/mol. The average molecular weight is 383 g/mol. The summed E-state index contributed by atoms with van der Waals surface area (Å²) in [6.45, 7) is 0. The highest BCUT2D eigenvalue weighted by Crippen LogP contribution is 2.43. The van der Waals surface area contributed by atoms with Crippen LogP contribution in [0.15, 0.2) is 24.4 Å². The van der Waals surface area contributed by atoms with E-state index >= 15 is 0 Å². The number of amides is 1. The van der Waals surface area contributed by atoms with Gasteiger partial charge in [0.15, 0.2) is 0 Å². The van der Waals surface area contributed by atoms with Crippen LogP contribution in [-0.4, -0.2) is 28.1 Å². The molecule has 1 atom stereocenters. The zero-order valence-corrected chi connectivity index (χ0v) is 14.1. The highest BCUT2D eigenvalue weighted by molar-refractivity contribution is 6.32. The van der Waals surface area contributed by atoms with Crippen molar-refractivity contribution in [2.75, 3.05) is 5.32 Å². The van der Waals surface area contributed by atoms with Crippen LogP contribution in [0.25, 0.3) is 21.8 Å². The molecule has 4 N–H and O–H groups in total. The third-order valence-corrected chi connectivity index (χ3v) is 4.83. The number of aromatic nitrogens is 2. The van der Waals surface area contributed by atoms with Gasteiger partial charge in [-0.05, 0) is 30.9 Å². The molecule has 3 aromatic rings. The van der Waals surface area contributed by atoms with Crippen molar-refractivity contribution in [3.63, 3.8) is 0 Å². The van der Waals surface area contributed by atoms with E-state index in [4.69, 9.17) is 17.3 Å². The van der Waals surface area contributed by atoms with Gasteiger partial charge in [-0.2, -0.15) is 13.2 Å². The SMILES string of the molecule is NC(=O)c1cnc(NC(C2CC2)C(F)(F)F)c2c1[nH]c1cc(Cl)ccc12. The molecule has 1 fully saturated rings. The highest BCUT2D eigenvalue weighted by Gasteiger charge is 2.49. The second kappa shape index (κ2) is 5.77. The van der Waals surface area contributed by atoms with Crippen molar-refractivity contribution in [1.29, 1.82) is 0 Å². The van der Waals surface area contributed by atoms with E-state index in [1.165, 1.54) is 6.20 Å². The summed E-state index contributed by atoms with van der Waals surface area (Å²) in [7, 11) is 0. The van der Waals surface area contributed by atoms with Gasteiger partial charge < -0.3 is 16.0 Å². The van der Waals surface area contributed by atoms with Crippen molar-refractivity contribution in [1.82, 2.24) is 9.97 Å². The number of aromatic amines is 1. The third kappa shape index (κ3) is 2.84. The van der Waals surface area contributed by atoms with Gasteiger partial charge in [-0.25, -0.2) is 4.98 Å². The topological polar surface area (TPSA) is 83.8 Å². The van der Waals surface area contributed by atoms with Gasteiger partial charge in [0, 0.05) is 22.1 Å². The van der Waals surface area contributed by atoms with Gasteiger partial charge in [-0.15, -0.1) is 0 Å². The number of benzene rings is 1. The predicted molar refractivity (Wildman–Crippen MR) is 93.3 cm³/mol. The summed E-state index contributed by atoms with van der Waals surface area (Å²) in [5.41, 5.74) is 6.41. The molecule has 2 aromatic heterocycles. The fourth-order valence-electron chi connectivity index (χ4n) is 3.22. The molecular formula is C17H14ClF3N4O. The molecule has 2 heterocycles. The van der Waals surface area contributed by atoms with E-state index in [0.29, 0.717) is 39.7 Å². The Labute approximate surface area is 150 Å². The van der Waals surface area contributed by atoms with Crippen LogP contribution in [0.1, 0.15) is 23.2 Å². The normalized spacial score (nSPS) is 16.2. The predicted octanol–water partition coefficient (Wildman–Crippen LogP) is 4.22. The Bertz CT molecular complexity index is 1030. The minimum Gasteiger partial charge on any atom is -0.365 e. The number of carbonyl (C=O) groups is 1. The fraction of sp³-hybridized carbons (Fsp3) is 0.294. The third-order valence-electron chi connectivity index (χ3n) is 4.59. The number of primary amides is 1. The lowest BCUT2D eigenvalue weighted by Gasteiger charge is -2.22. The highest BCUT2D eigenvalue weighted by atomic mass is 35.5. The van der Waals surface area contributed by atoms with Crippen LogP contribution in [-0.2, 0) is 0 Å². The molecule has 136 valence electrons. The van der Waals surface area contributed by atoms with Gasteiger partial charge in [0.05, 0.1) is 16.5 Å². The van der Waals surface area contributed by atoms with Crippen molar-refractivity contribution in [2.24, 2.45) is 11.7 Å².